The third-order valence-electron chi connectivity index (χ3n) is 8.07. The Morgan fingerprint density at radius 1 is 0.825 bits per heavy atom. The predicted molar refractivity (Wildman–Crippen MR) is 197 cm³/mol. The van der Waals surface area contributed by atoms with Crippen LogP contribution in [0.5, 0.6) is 11.5 Å². The van der Waals surface area contributed by atoms with Gasteiger partial charge in [0.15, 0.2) is 5.78 Å². The lowest BCUT2D eigenvalue weighted by molar-refractivity contribution is -0.384. The summed E-state index contributed by atoms with van der Waals surface area (Å²) in [5.41, 5.74) is -0.303. The third-order valence-corrected chi connectivity index (χ3v) is 8.07. The summed E-state index contributed by atoms with van der Waals surface area (Å²) in [7, 11) is 0. The van der Waals surface area contributed by atoms with Gasteiger partial charge in [-0.3, -0.25) is 24.5 Å². The molecule has 0 N–H and O–H groups in total. The van der Waals surface area contributed by atoms with Gasteiger partial charge in [-0.2, -0.15) is 0 Å². The van der Waals surface area contributed by atoms with Crippen LogP contribution in [0.2, 0.25) is 0 Å². The molecule has 3 rings (SSSR count). The van der Waals surface area contributed by atoms with Gasteiger partial charge < -0.3 is 47.4 Å². The molecular formula is C39H51NO17. The molecule has 314 valence electrons. The minimum atomic E-state index is -1.28. The van der Waals surface area contributed by atoms with Crippen LogP contribution in [0.25, 0.3) is 0 Å². The van der Waals surface area contributed by atoms with Crippen LogP contribution in [-0.4, -0.2) is 105 Å². The molecule has 0 spiro atoms. The molecule has 0 bridgehead atoms. The summed E-state index contributed by atoms with van der Waals surface area (Å²) >= 11 is 0. The first-order chi connectivity index (χ1) is 26.9. The van der Waals surface area contributed by atoms with Gasteiger partial charge in [0.1, 0.15) is 36.4 Å². The first-order valence-corrected chi connectivity index (χ1v) is 18.3. The Morgan fingerprint density at radius 2 is 1.44 bits per heavy atom. The first kappa shape index (κ1) is 46.2. The molecule has 1 heterocycles. The SMILES string of the molecule is CC(=O)O[C@H]1[C@H](Oc2ccc(COC(=O)Oc3ccc([N+](=O)[O-])cc3)cc2C(=O)CCCOCCOCCOCC(=O)OC(C)(C)C)O[C@H](C)[C@@H](C)[C@@H]1OC(C)=O. The van der Waals surface area contributed by atoms with E-state index in [2.05, 4.69) is 0 Å². The number of carbonyl (C=O) groups excluding carboxylic acids is 5. The summed E-state index contributed by atoms with van der Waals surface area (Å²) in [5, 5.41) is 10.9. The Morgan fingerprint density at radius 3 is 2.05 bits per heavy atom. The van der Waals surface area contributed by atoms with Crippen molar-refractivity contribution in [1.29, 1.82) is 0 Å². The van der Waals surface area contributed by atoms with Gasteiger partial charge in [0.2, 0.25) is 12.4 Å². The fourth-order valence-corrected chi connectivity index (χ4v) is 5.36. The van der Waals surface area contributed by atoms with Crippen LogP contribution in [0.1, 0.15) is 77.2 Å². The van der Waals surface area contributed by atoms with Crippen molar-refractivity contribution in [2.45, 2.75) is 98.1 Å². The zero-order chi connectivity index (χ0) is 42.1. The Hall–Kier alpha value is -5.17. The van der Waals surface area contributed by atoms with Crippen molar-refractivity contribution >= 4 is 35.5 Å². The first-order valence-electron chi connectivity index (χ1n) is 18.3. The Kier molecular flexibility index (Phi) is 18.3. The number of Topliss-reactive ketones (excluding diaryl/α,β-unsaturated/α-hetero) is 1. The van der Waals surface area contributed by atoms with Crippen LogP contribution >= 0.6 is 0 Å². The van der Waals surface area contributed by atoms with E-state index in [-0.39, 0.29) is 87.1 Å². The zero-order valence-electron chi connectivity index (χ0n) is 33.2. The van der Waals surface area contributed by atoms with E-state index in [1.807, 2.05) is 0 Å². The molecular weight excluding hydrogens is 754 g/mol. The van der Waals surface area contributed by atoms with Crippen LogP contribution in [0, 0.1) is 16.0 Å². The Labute approximate surface area is 330 Å². The van der Waals surface area contributed by atoms with E-state index in [4.69, 9.17) is 47.4 Å². The number of esters is 3. The zero-order valence-corrected chi connectivity index (χ0v) is 33.2. The summed E-state index contributed by atoms with van der Waals surface area (Å²) in [5.74, 6) is -2.39. The molecule has 0 unspecified atom stereocenters. The summed E-state index contributed by atoms with van der Waals surface area (Å²) in [6.07, 6.45) is -4.63. The van der Waals surface area contributed by atoms with E-state index >= 15 is 0 Å². The number of hydrogen-bond donors (Lipinski definition) is 0. The van der Waals surface area contributed by atoms with Crippen molar-refractivity contribution in [3.63, 3.8) is 0 Å². The van der Waals surface area contributed by atoms with Crippen molar-refractivity contribution in [1.82, 2.24) is 0 Å². The van der Waals surface area contributed by atoms with Crippen molar-refractivity contribution in [3.05, 3.63) is 63.7 Å². The van der Waals surface area contributed by atoms with Gasteiger partial charge in [-0.05, 0) is 63.9 Å². The molecule has 1 aliphatic heterocycles. The maximum Gasteiger partial charge on any atom is 0.514 e. The minimum absolute atomic E-state index is 0.0185. The van der Waals surface area contributed by atoms with E-state index < -0.39 is 59.2 Å². The fourth-order valence-electron chi connectivity index (χ4n) is 5.36. The number of rotatable bonds is 21. The van der Waals surface area contributed by atoms with Gasteiger partial charge in [-0.1, -0.05) is 13.0 Å². The molecule has 0 amide bonds. The lowest BCUT2D eigenvalue weighted by atomic mass is 9.91. The largest absolute Gasteiger partial charge is 0.514 e. The molecule has 2 aromatic rings. The monoisotopic (exact) mass is 805 g/mol. The van der Waals surface area contributed by atoms with Crippen LogP contribution in [-0.2, 0) is 58.9 Å². The minimum Gasteiger partial charge on any atom is -0.460 e. The molecule has 0 aromatic heterocycles. The van der Waals surface area contributed by atoms with Gasteiger partial charge in [-0.25, -0.2) is 9.59 Å². The maximum absolute atomic E-state index is 13.7. The number of carbonyl (C=O) groups is 5. The van der Waals surface area contributed by atoms with Crippen molar-refractivity contribution in [3.8, 4) is 11.5 Å². The predicted octanol–water partition coefficient (Wildman–Crippen LogP) is 5.29. The second-order valence-electron chi connectivity index (χ2n) is 13.9. The molecule has 5 atom stereocenters. The van der Waals surface area contributed by atoms with Crippen molar-refractivity contribution < 1.29 is 76.3 Å². The fraction of sp³-hybridized carbons (Fsp3) is 0.564. The summed E-state index contributed by atoms with van der Waals surface area (Å²) in [4.78, 5) is 72.2. The van der Waals surface area contributed by atoms with Crippen LogP contribution < -0.4 is 9.47 Å². The number of ketones is 1. The van der Waals surface area contributed by atoms with Crippen molar-refractivity contribution in [2.24, 2.45) is 5.92 Å². The smallest absolute Gasteiger partial charge is 0.460 e. The molecule has 57 heavy (non-hydrogen) atoms. The highest BCUT2D eigenvalue weighted by Gasteiger charge is 2.48. The van der Waals surface area contributed by atoms with Crippen LogP contribution in [0.15, 0.2) is 42.5 Å². The average molecular weight is 806 g/mol. The molecule has 0 radical (unpaired) electrons. The Balaban J connectivity index is 1.64. The third kappa shape index (κ3) is 16.5. The number of benzene rings is 2. The topological polar surface area (TPSA) is 221 Å². The van der Waals surface area contributed by atoms with Gasteiger partial charge in [0.05, 0.1) is 43.0 Å². The lowest BCUT2D eigenvalue weighted by Crippen LogP contribution is -2.57. The van der Waals surface area contributed by atoms with Gasteiger partial charge in [0, 0.05) is 44.9 Å². The van der Waals surface area contributed by atoms with Gasteiger partial charge >= 0.3 is 24.1 Å². The number of hydrogen-bond acceptors (Lipinski definition) is 17. The molecule has 1 fully saturated rings. The molecule has 1 aliphatic rings. The van der Waals surface area contributed by atoms with E-state index in [0.29, 0.717) is 12.0 Å². The molecule has 0 saturated carbocycles. The van der Waals surface area contributed by atoms with E-state index in [1.54, 1.807) is 34.6 Å². The highest BCUT2D eigenvalue weighted by Crippen LogP contribution is 2.34. The summed E-state index contributed by atoms with van der Waals surface area (Å²) < 4.78 is 55.1. The Bertz CT molecular complexity index is 1670. The molecule has 0 aliphatic carbocycles. The van der Waals surface area contributed by atoms with E-state index in [9.17, 15) is 34.1 Å². The van der Waals surface area contributed by atoms with Gasteiger partial charge in [0.25, 0.3) is 5.69 Å². The average Bonchev–Trinajstić information content (AvgIpc) is 3.12. The van der Waals surface area contributed by atoms with Crippen LogP contribution in [0.3, 0.4) is 0 Å². The van der Waals surface area contributed by atoms with E-state index in [1.165, 1.54) is 56.3 Å². The molecule has 18 heteroatoms. The highest BCUT2D eigenvalue weighted by molar-refractivity contribution is 5.98. The second kappa shape index (κ2) is 22.5. The second-order valence-corrected chi connectivity index (χ2v) is 13.9. The molecule has 2 aromatic carbocycles. The summed E-state index contributed by atoms with van der Waals surface area (Å²) in [6, 6.07) is 9.31. The van der Waals surface area contributed by atoms with Crippen LogP contribution in [0.4, 0.5) is 10.5 Å². The number of non-ortho nitro benzene ring substituents is 1. The lowest BCUT2D eigenvalue weighted by Gasteiger charge is -2.43. The number of nitro benzene ring substituents is 1. The maximum atomic E-state index is 13.7. The van der Waals surface area contributed by atoms with Gasteiger partial charge in [-0.15, -0.1) is 0 Å². The number of nitrogens with zero attached hydrogens (tertiary/aromatic N) is 1. The number of ether oxygens (including phenoxy) is 10. The van der Waals surface area contributed by atoms with Crippen molar-refractivity contribution in [2.75, 3.05) is 39.6 Å². The quantitative estimate of drug-likeness (QED) is 0.0297. The standard InChI is InChI=1S/C39H51NO17/c1-24-25(2)52-37(36(54-27(4)42)35(24)53-26(3)41)56-33-15-10-28(22-51-38(45)55-30-13-11-29(12-14-30)40(46)47)21-31(33)32(43)9-8-16-48-17-18-49-19-20-50-23-34(44)57-39(5,6)7/h10-15,21,24-25,35-37H,8-9,16-20,22-23H2,1-7H3/t24-,25-,35+,36-,37+/m1/s1. The normalized spacial score (nSPS) is 19.2. The summed E-state index contributed by atoms with van der Waals surface area (Å²) in [6.45, 7) is 11.9. The van der Waals surface area contributed by atoms with E-state index in [0.717, 1.165) is 0 Å². The highest BCUT2D eigenvalue weighted by atomic mass is 16.7. The number of nitro groups is 1. The molecule has 18 nitrogen and oxygen atoms in total. The molecule has 1 saturated heterocycles.